The number of hydrogen-bond acceptors (Lipinski definition) is 3. The van der Waals surface area contributed by atoms with Gasteiger partial charge in [0.15, 0.2) is 0 Å². The third-order valence-electron chi connectivity index (χ3n) is 4.93. The van der Waals surface area contributed by atoms with Crippen molar-refractivity contribution in [3.8, 4) is 0 Å². The maximum Gasteiger partial charge on any atom is 0.0534 e. The molecular formula is C14H24N4. The third kappa shape index (κ3) is 2.31. The molecule has 1 aromatic rings. The Labute approximate surface area is 109 Å². The molecule has 18 heavy (non-hydrogen) atoms. The minimum atomic E-state index is 0.404. The molecule has 3 rings (SSSR count). The summed E-state index contributed by atoms with van der Waals surface area (Å²) in [6, 6.07) is 2.10. The van der Waals surface area contributed by atoms with Gasteiger partial charge in [-0.2, -0.15) is 5.10 Å². The summed E-state index contributed by atoms with van der Waals surface area (Å²) in [5.74, 6) is 0.855. The molecule has 1 aromatic heterocycles. The molecule has 0 aliphatic carbocycles. The monoisotopic (exact) mass is 248 g/mol. The van der Waals surface area contributed by atoms with E-state index in [4.69, 9.17) is 0 Å². The summed E-state index contributed by atoms with van der Waals surface area (Å²) in [5, 5.41) is 10.6. The Hall–Kier alpha value is -0.870. The van der Waals surface area contributed by atoms with Crippen LogP contribution in [0, 0.1) is 5.92 Å². The van der Waals surface area contributed by atoms with E-state index in [9.17, 15) is 0 Å². The molecule has 2 aliphatic rings. The van der Waals surface area contributed by atoms with Gasteiger partial charge in [-0.15, -0.1) is 0 Å². The average molecular weight is 248 g/mol. The van der Waals surface area contributed by atoms with Crippen LogP contribution < -0.4 is 5.32 Å². The van der Waals surface area contributed by atoms with Crippen molar-refractivity contribution in [2.75, 3.05) is 13.6 Å². The highest BCUT2D eigenvalue weighted by molar-refractivity contribution is 5.08. The van der Waals surface area contributed by atoms with Crippen molar-refractivity contribution in [1.29, 1.82) is 0 Å². The van der Waals surface area contributed by atoms with Gasteiger partial charge in [0.1, 0.15) is 0 Å². The molecule has 2 bridgehead atoms. The van der Waals surface area contributed by atoms with Crippen molar-refractivity contribution in [2.24, 2.45) is 5.92 Å². The van der Waals surface area contributed by atoms with E-state index >= 15 is 0 Å². The van der Waals surface area contributed by atoms with Gasteiger partial charge in [-0.05, 0) is 52.1 Å². The van der Waals surface area contributed by atoms with Crippen molar-refractivity contribution < 1.29 is 0 Å². The van der Waals surface area contributed by atoms with E-state index in [1.807, 2.05) is 12.4 Å². The number of H-pyrrole nitrogens is 1. The lowest BCUT2D eigenvalue weighted by atomic mass is 9.91. The number of aromatic nitrogens is 2. The fourth-order valence-electron chi connectivity index (χ4n) is 3.65. The summed E-state index contributed by atoms with van der Waals surface area (Å²) < 4.78 is 0. The number of aromatic amines is 1. The van der Waals surface area contributed by atoms with Crippen molar-refractivity contribution in [1.82, 2.24) is 20.4 Å². The van der Waals surface area contributed by atoms with Crippen molar-refractivity contribution >= 4 is 0 Å². The quantitative estimate of drug-likeness (QED) is 0.856. The maximum absolute atomic E-state index is 4.01. The Morgan fingerprint density at radius 2 is 2.17 bits per heavy atom. The highest BCUT2D eigenvalue weighted by Gasteiger charge is 2.38. The van der Waals surface area contributed by atoms with Crippen molar-refractivity contribution in [3.05, 3.63) is 18.0 Å². The minimum Gasteiger partial charge on any atom is -0.310 e. The largest absolute Gasteiger partial charge is 0.310 e. The lowest BCUT2D eigenvalue weighted by Crippen LogP contribution is -2.42. The van der Waals surface area contributed by atoms with Gasteiger partial charge >= 0.3 is 0 Å². The van der Waals surface area contributed by atoms with E-state index in [-0.39, 0.29) is 0 Å². The summed E-state index contributed by atoms with van der Waals surface area (Å²) in [5.41, 5.74) is 1.26. The molecule has 2 N–H and O–H groups in total. The molecule has 3 atom stereocenters. The van der Waals surface area contributed by atoms with Gasteiger partial charge in [-0.3, -0.25) is 5.10 Å². The molecule has 2 aliphatic heterocycles. The highest BCUT2D eigenvalue weighted by Crippen LogP contribution is 2.37. The molecule has 4 heteroatoms. The molecule has 2 fully saturated rings. The SMILES string of the molecule is CC(NCC1CC2CCC(C1)N2C)c1cn[nH]c1. The smallest absolute Gasteiger partial charge is 0.0534 e. The standard InChI is InChI=1S/C14H24N4/c1-10(12-8-16-17-9-12)15-7-11-5-13-3-4-14(6-11)18(13)2/h8-11,13-15H,3-7H2,1-2H3,(H,16,17). The summed E-state index contributed by atoms with van der Waals surface area (Å²) in [6.45, 7) is 3.36. The zero-order valence-electron chi connectivity index (χ0n) is 11.4. The number of fused-ring (bicyclic) bond motifs is 2. The molecule has 2 saturated heterocycles. The van der Waals surface area contributed by atoms with Crippen LogP contribution in [-0.2, 0) is 0 Å². The van der Waals surface area contributed by atoms with Gasteiger partial charge in [-0.1, -0.05) is 0 Å². The average Bonchev–Trinajstić information content (AvgIpc) is 2.94. The predicted octanol–water partition coefficient (Wildman–Crippen LogP) is 1.93. The summed E-state index contributed by atoms with van der Waals surface area (Å²) in [4.78, 5) is 2.61. The Bertz CT molecular complexity index is 361. The second-order valence-electron chi connectivity index (χ2n) is 6.05. The van der Waals surface area contributed by atoms with E-state index < -0.39 is 0 Å². The molecule has 100 valence electrons. The third-order valence-corrected chi connectivity index (χ3v) is 4.93. The number of piperidine rings is 1. The number of hydrogen-bond donors (Lipinski definition) is 2. The predicted molar refractivity (Wildman–Crippen MR) is 72.3 cm³/mol. The molecule has 4 nitrogen and oxygen atoms in total. The second kappa shape index (κ2) is 5.02. The Morgan fingerprint density at radius 1 is 1.44 bits per heavy atom. The zero-order valence-corrected chi connectivity index (χ0v) is 11.4. The van der Waals surface area contributed by atoms with Crippen LogP contribution in [0.2, 0.25) is 0 Å². The number of rotatable bonds is 4. The van der Waals surface area contributed by atoms with Gasteiger partial charge in [0.2, 0.25) is 0 Å². The van der Waals surface area contributed by atoms with Crippen molar-refractivity contribution in [3.63, 3.8) is 0 Å². The lowest BCUT2D eigenvalue weighted by Gasteiger charge is -2.36. The first kappa shape index (κ1) is 12.2. The first-order chi connectivity index (χ1) is 8.74. The van der Waals surface area contributed by atoms with Crippen LogP contribution in [-0.4, -0.2) is 40.8 Å². The summed E-state index contributed by atoms with van der Waals surface area (Å²) in [6.07, 6.45) is 9.46. The lowest BCUT2D eigenvalue weighted by molar-refractivity contribution is 0.131. The van der Waals surface area contributed by atoms with E-state index in [1.165, 1.54) is 31.2 Å². The molecule has 3 heterocycles. The van der Waals surface area contributed by atoms with Gasteiger partial charge in [0.25, 0.3) is 0 Å². The normalized spacial score (nSPS) is 33.8. The fraction of sp³-hybridized carbons (Fsp3) is 0.786. The molecule has 0 amide bonds. The van der Waals surface area contributed by atoms with E-state index in [0.717, 1.165) is 24.5 Å². The van der Waals surface area contributed by atoms with Crippen LogP contribution in [0.15, 0.2) is 12.4 Å². The van der Waals surface area contributed by atoms with Crippen molar-refractivity contribution in [2.45, 2.75) is 50.7 Å². The van der Waals surface area contributed by atoms with Crippen LogP contribution in [0.4, 0.5) is 0 Å². The van der Waals surface area contributed by atoms with E-state index in [1.54, 1.807) is 0 Å². The van der Waals surface area contributed by atoms with Crippen LogP contribution >= 0.6 is 0 Å². The van der Waals surface area contributed by atoms with Crippen LogP contribution in [0.1, 0.15) is 44.2 Å². The second-order valence-corrected chi connectivity index (χ2v) is 6.05. The zero-order chi connectivity index (χ0) is 12.5. The van der Waals surface area contributed by atoms with Crippen LogP contribution in [0.25, 0.3) is 0 Å². The Morgan fingerprint density at radius 3 is 2.78 bits per heavy atom. The number of nitrogens with zero attached hydrogens (tertiary/aromatic N) is 2. The van der Waals surface area contributed by atoms with Crippen LogP contribution in [0.3, 0.4) is 0 Å². The molecular weight excluding hydrogens is 224 g/mol. The topological polar surface area (TPSA) is 44.0 Å². The molecule has 0 saturated carbocycles. The molecule has 0 spiro atoms. The Balaban J connectivity index is 1.50. The molecule has 0 radical (unpaired) electrons. The van der Waals surface area contributed by atoms with E-state index in [2.05, 4.69) is 34.4 Å². The summed E-state index contributed by atoms with van der Waals surface area (Å²) in [7, 11) is 2.31. The van der Waals surface area contributed by atoms with Crippen LogP contribution in [0.5, 0.6) is 0 Å². The summed E-state index contributed by atoms with van der Waals surface area (Å²) >= 11 is 0. The highest BCUT2D eigenvalue weighted by atomic mass is 15.2. The number of nitrogens with one attached hydrogen (secondary N) is 2. The Kier molecular flexibility index (Phi) is 3.39. The first-order valence-electron chi connectivity index (χ1n) is 7.18. The first-order valence-corrected chi connectivity index (χ1v) is 7.18. The molecule has 0 aromatic carbocycles. The van der Waals surface area contributed by atoms with E-state index in [0.29, 0.717) is 6.04 Å². The van der Waals surface area contributed by atoms with Gasteiger partial charge in [0, 0.05) is 29.9 Å². The fourth-order valence-corrected chi connectivity index (χ4v) is 3.65. The minimum absolute atomic E-state index is 0.404. The van der Waals surface area contributed by atoms with Gasteiger partial charge < -0.3 is 10.2 Å². The molecule has 3 unspecified atom stereocenters. The van der Waals surface area contributed by atoms with Gasteiger partial charge in [0.05, 0.1) is 6.20 Å². The maximum atomic E-state index is 4.01. The van der Waals surface area contributed by atoms with Gasteiger partial charge in [-0.25, -0.2) is 0 Å².